The highest BCUT2D eigenvalue weighted by molar-refractivity contribution is 5.91. The van der Waals surface area contributed by atoms with Gasteiger partial charge in [-0.25, -0.2) is 0 Å². The van der Waals surface area contributed by atoms with Gasteiger partial charge >= 0.3 is 0 Å². The number of carbonyl (C=O) groups excluding carboxylic acids is 1. The van der Waals surface area contributed by atoms with Crippen molar-refractivity contribution in [2.24, 2.45) is 0 Å². The van der Waals surface area contributed by atoms with Gasteiger partial charge in [0.15, 0.2) is 5.76 Å². The number of amides is 1. The van der Waals surface area contributed by atoms with Crippen LogP contribution in [0.1, 0.15) is 16.1 Å². The van der Waals surface area contributed by atoms with Crippen molar-refractivity contribution >= 4 is 11.6 Å². The molecule has 3 rings (SSSR count). The van der Waals surface area contributed by atoms with Crippen LogP contribution in [0.15, 0.2) is 47.1 Å². The molecule has 0 saturated carbocycles. The van der Waals surface area contributed by atoms with E-state index in [1.807, 2.05) is 0 Å². The van der Waals surface area contributed by atoms with Crippen LogP contribution in [-0.4, -0.2) is 50.1 Å². The van der Waals surface area contributed by atoms with Gasteiger partial charge in [0, 0.05) is 45.0 Å². The highest BCUT2D eigenvalue weighted by atomic mass is 16.3. The number of anilines is 1. The summed E-state index contributed by atoms with van der Waals surface area (Å²) in [5, 5.41) is 2.89. The Kier molecular flexibility index (Phi) is 4.98. The zero-order valence-electron chi connectivity index (χ0n) is 13.5. The third-order valence-corrected chi connectivity index (χ3v) is 4.20. The van der Waals surface area contributed by atoms with Gasteiger partial charge in [-0.1, -0.05) is 12.1 Å². The highest BCUT2D eigenvalue weighted by Crippen LogP contribution is 2.17. The summed E-state index contributed by atoms with van der Waals surface area (Å²) in [4.78, 5) is 16.6. The van der Waals surface area contributed by atoms with Crippen molar-refractivity contribution in [2.75, 3.05) is 44.2 Å². The molecule has 0 unspecified atom stereocenters. The Hall–Kier alpha value is -2.27. The van der Waals surface area contributed by atoms with Crippen LogP contribution >= 0.6 is 0 Å². The lowest BCUT2D eigenvalue weighted by Crippen LogP contribution is -2.48. The number of carbonyl (C=O) groups is 1. The van der Waals surface area contributed by atoms with E-state index in [4.69, 9.17) is 4.42 Å². The van der Waals surface area contributed by atoms with E-state index in [1.54, 1.807) is 12.1 Å². The van der Waals surface area contributed by atoms with Gasteiger partial charge in [0.05, 0.1) is 6.26 Å². The molecule has 0 spiro atoms. The van der Waals surface area contributed by atoms with E-state index < -0.39 is 0 Å². The van der Waals surface area contributed by atoms with Crippen molar-refractivity contribution in [2.45, 2.75) is 6.92 Å². The van der Waals surface area contributed by atoms with E-state index in [-0.39, 0.29) is 5.91 Å². The van der Waals surface area contributed by atoms with Gasteiger partial charge in [-0.05, 0) is 36.8 Å². The summed E-state index contributed by atoms with van der Waals surface area (Å²) in [6.45, 7) is 7.72. The maximum atomic E-state index is 11.8. The van der Waals surface area contributed by atoms with Gasteiger partial charge in [0.25, 0.3) is 5.91 Å². The molecule has 5 nitrogen and oxygen atoms in total. The molecule has 0 aliphatic carbocycles. The largest absolute Gasteiger partial charge is 0.459 e. The second-order valence-corrected chi connectivity index (χ2v) is 5.90. The first-order chi connectivity index (χ1) is 11.2. The number of piperazine rings is 1. The van der Waals surface area contributed by atoms with Crippen molar-refractivity contribution in [3.8, 4) is 0 Å². The summed E-state index contributed by atoms with van der Waals surface area (Å²) in [6.07, 6.45) is 1.51. The van der Waals surface area contributed by atoms with E-state index in [0.29, 0.717) is 12.3 Å². The van der Waals surface area contributed by atoms with Gasteiger partial charge in [-0.15, -0.1) is 0 Å². The van der Waals surface area contributed by atoms with Gasteiger partial charge in [-0.3, -0.25) is 9.69 Å². The first-order valence-electron chi connectivity index (χ1n) is 8.08. The average molecular weight is 313 g/mol. The van der Waals surface area contributed by atoms with Crippen LogP contribution in [0, 0.1) is 6.92 Å². The fourth-order valence-electron chi connectivity index (χ4n) is 2.88. The molecule has 1 aliphatic heterocycles. The number of nitrogens with one attached hydrogen (secondary N) is 1. The molecule has 23 heavy (non-hydrogen) atoms. The van der Waals surface area contributed by atoms with Crippen LogP contribution in [0.5, 0.6) is 0 Å². The van der Waals surface area contributed by atoms with Crippen molar-refractivity contribution in [3.05, 3.63) is 54.0 Å². The third-order valence-electron chi connectivity index (χ3n) is 4.20. The molecule has 0 radical (unpaired) electrons. The van der Waals surface area contributed by atoms with Crippen molar-refractivity contribution in [1.82, 2.24) is 10.2 Å². The summed E-state index contributed by atoms with van der Waals surface area (Å²) >= 11 is 0. The summed E-state index contributed by atoms with van der Waals surface area (Å²) < 4.78 is 5.08. The number of hydrogen-bond acceptors (Lipinski definition) is 4. The highest BCUT2D eigenvalue weighted by Gasteiger charge is 2.17. The lowest BCUT2D eigenvalue weighted by molar-refractivity contribution is 0.0920. The van der Waals surface area contributed by atoms with E-state index in [2.05, 4.69) is 46.3 Å². The molecule has 1 fully saturated rings. The van der Waals surface area contributed by atoms with E-state index in [9.17, 15) is 4.79 Å². The quantitative estimate of drug-likeness (QED) is 0.919. The zero-order valence-corrected chi connectivity index (χ0v) is 13.5. The standard InChI is InChI=1S/C18H23N3O2/c1-15-4-2-5-16(14-15)21-11-9-20(10-12-21)8-7-19-18(22)17-6-3-13-23-17/h2-6,13-14H,7-12H2,1H3,(H,19,22). The Bertz CT molecular complexity index is 631. The molecule has 1 aromatic carbocycles. The van der Waals surface area contributed by atoms with Crippen LogP contribution in [0.3, 0.4) is 0 Å². The molecular formula is C18H23N3O2. The molecule has 0 atom stereocenters. The maximum absolute atomic E-state index is 11.8. The first kappa shape index (κ1) is 15.6. The zero-order chi connectivity index (χ0) is 16.1. The predicted octanol–water partition coefficient (Wildman–Crippen LogP) is 2.14. The second kappa shape index (κ2) is 7.33. The minimum atomic E-state index is -0.145. The molecule has 0 bridgehead atoms. The van der Waals surface area contributed by atoms with Gasteiger partial charge in [-0.2, -0.15) is 0 Å². The Morgan fingerprint density at radius 3 is 2.70 bits per heavy atom. The van der Waals surface area contributed by atoms with E-state index in [0.717, 1.165) is 32.7 Å². The van der Waals surface area contributed by atoms with Crippen molar-refractivity contribution in [3.63, 3.8) is 0 Å². The molecule has 1 saturated heterocycles. The molecule has 1 amide bonds. The van der Waals surface area contributed by atoms with Crippen LogP contribution in [0.4, 0.5) is 5.69 Å². The summed E-state index contributed by atoms with van der Waals surface area (Å²) in [6, 6.07) is 12.0. The first-order valence-corrected chi connectivity index (χ1v) is 8.08. The fraction of sp³-hybridized carbons (Fsp3) is 0.389. The molecule has 2 aromatic rings. The number of furan rings is 1. The van der Waals surface area contributed by atoms with E-state index in [1.165, 1.54) is 17.5 Å². The van der Waals surface area contributed by atoms with Gasteiger partial charge < -0.3 is 14.6 Å². The smallest absolute Gasteiger partial charge is 0.287 e. The maximum Gasteiger partial charge on any atom is 0.287 e. The monoisotopic (exact) mass is 313 g/mol. The van der Waals surface area contributed by atoms with Gasteiger partial charge in [0.2, 0.25) is 0 Å². The normalized spacial score (nSPS) is 15.6. The van der Waals surface area contributed by atoms with Crippen molar-refractivity contribution in [1.29, 1.82) is 0 Å². The lowest BCUT2D eigenvalue weighted by Gasteiger charge is -2.36. The molecule has 1 N–H and O–H groups in total. The van der Waals surface area contributed by atoms with Gasteiger partial charge in [0.1, 0.15) is 0 Å². The Labute approximate surface area is 136 Å². The molecular weight excluding hydrogens is 290 g/mol. The number of benzene rings is 1. The number of rotatable bonds is 5. The van der Waals surface area contributed by atoms with Crippen LogP contribution in [0.25, 0.3) is 0 Å². The Balaban J connectivity index is 1.40. The second-order valence-electron chi connectivity index (χ2n) is 5.90. The summed E-state index contributed by atoms with van der Waals surface area (Å²) in [5.74, 6) is 0.225. The van der Waals surface area contributed by atoms with Crippen LogP contribution < -0.4 is 10.2 Å². The molecule has 1 aromatic heterocycles. The van der Waals surface area contributed by atoms with Crippen LogP contribution in [0.2, 0.25) is 0 Å². The third kappa shape index (κ3) is 4.13. The molecule has 2 heterocycles. The Morgan fingerprint density at radius 2 is 2.00 bits per heavy atom. The number of nitrogens with zero attached hydrogens (tertiary/aromatic N) is 2. The van der Waals surface area contributed by atoms with Crippen LogP contribution in [-0.2, 0) is 0 Å². The molecule has 122 valence electrons. The molecule has 1 aliphatic rings. The Morgan fingerprint density at radius 1 is 1.17 bits per heavy atom. The van der Waals surface area contributed by atoms with Crippen molar-refractivity contribution < 1.29 is 9.21 Å². The number of aryl methyl sites for hydroxylation is 1. The SMILES string of the molecule is Cc1cccc(N2CCN(CCNC(=O)c3ccco3)CC2)c1. The summed E-state index contributed by atoms with van der Waals surface area (Å²) in [5.41, 5.74) is 2.60. The van der Waals surface area contributed by atoms with E-state index >= 15 is 0 Å². The predicted molar refractivity (Wildman–Crippen MR) is 90.9 cm³/mol. The minimum absolute atomic E-state index is 0.145. The molecule has 5 heteroatoms. The number of hydrogen-bond donors (Lipinski definition) is 1. The average Bonchev–Trinajstić information content (AvgIpc) is 3.10. The minimum Gasteiger partial charge on any atom is -0.459 e. The topological polar surface area (TPSA) is 48.7 Å². The lowest BCUT2D eigenvalue weighted by atomic mass is 10.2. The fourth-order valence-corrected chi connectivity index (χ4v) is 2.88. The summed E-state index contributed by atoms with van der Waals surface area (Å²) in [7, 11) is 0.